The smallest absolute Gasteiger partial charge is 0.243 e. The van der Waals surface area contributed by atoms with Gasteiger partial charge < -0.3 is 20.3 Å². The number of hydrogen-bond donors (Lipinski definition) is 2. The third-order valence-corrected chi connectivity index (χ3v) is 5.83. The molecule has 2 aliphatic rings. The molecule has 0 radical (unpaired) electrons. The van der Waals surface area contributed by atoms with E-state index >= 15 is 0 Å². The number of halogens is 1. The fourth-order valence-corrected chi connectivity index (χ4v) is 3.93. The van der Waals surface area contributed by atoms with Gasteiger partial charge in [0, 0.05) is 52.9 Å². The monoisotopic (exact) mass is 538 g/mol. The Labute approximate surface area is 200 Å². The van der Waals surface area contributed by atoms with Crippen LogP contribution in [0.25, 0.3) is 0 Å². The van der Waals surface area contributed by atoms with E-state index < -0.39 is 0 Å². The summed E-state index contributed by atoms with van der Waals surface area (Å²) in [5.74, 6) is 0.758. The predicted octanol–water partition coefficient (Wildman–Crippen LogP) is 1.21. The number of rotatable bonds is 10. The lowest BCUT2D eigenvalue weighted by Crippen LogP contribution is -2.46. The van der Waals surface area contributed by atoms with Gasteiger partial charge in [0.25, 0.3) is 0 Å². The summed E-state index contributed by atoms with van der Waals surface area (Å²) in [5, 5.41) is 6.85. The van der Waals surface area contributed by atoms with Gasteiger partial charge in [0.15, 0.2) is 5.96 Å². The highest BCUT2D eigenvalue weighted by molar-refractivity contribution is 14.0. The normalized spacial score (nSPS) is 21.0. The molecule has 2 N–H and O–H groups in total. The number of likely N-dealkylation sites (tertiary alicyclic amines) is 1. The lowest BCUT2D eigenvalue weighted by atomic mass is 10.0. The summed E-state index contributed by atoms with van der Waals surface area (Å²) < 4.78 is 5.40. The number of carbonyl (C=O) groups excluding carboxylic acids is 1. The van der Waals surface area contributed by atoms with E-state index in [0.29, 0.717) is 6.04 Å². The molecule has 2 saturated heterocycles. The minimum atomic E-state index is 0. The molecule has 2 rings (SSSR count). The highest BCUT2D eigenvalue weighted by atomic mass is 127. The maximum Gasteiger partial charge on any atom is 0.243 e. The van der Waals surface area contributed by atoms with Crippen molar-refractivity contribution in [2.24, 2.45) is 4.99 Å². The Morgan fingerprint density at radius 2 is 1.83 bits per heavy atom. The lowest BCUT2D eigenvalue weighted by Gasteiger charge is -2.35. The second kappa shape index (κ2) is 16.0. The van der Waals surface area contributed by atoms with Crippen LogP contribution in [0.3, 0.4) is 0 Å². The number of amides is 1. The Hall–Kier alpha value is -0.650. The van der Waals surface area contributed by atoms with Crippen molar-refractivity contribution < 1.29 is 9.53 Å². The predicted molar refractivity (Wildman–Crippen MR) is 134 cm³/mol. The van der Waals surface area contributed by atoms with Crippen molar-refractivity contribution in [3.63, 3.8) is 0 Å². The average Bonchev–Trinajstić information content (AvgIpc) is 2.75. The van der Waals surface area contributed by atoms with E-state index in [1.54, 1.807) is 19.0 Å². The average molecular weight is 539 g/mol. The van der Waals surface area contributed by atoms with Crippen LogP contribution in [0.4, 0.5) is 0 Å². The van der Waals surface area contributed by atoms with E-state index in [4.69, 9.17) is 4.74 Å². The first-order valence-electron chi connectivity index (χ1n) is 11.4. The van der Waals surface area contributed by atoms with Gasteiger partial charge in [-0.1, -0.05) is 13.3 Å². The number of morpholine rings is 1. The van der Waals surface area contributed by atoms with Crippen molar-refractivity contribution >= 4 is 35.8 Å². The Morgan fingerprint density at radius 3 is 2.53 bits per heavy atom. The molecule has 0 spiro atoms. The molecule has 2 aliphatic heterocycles. The van der Waals surface area contributed by atoms with Gasteiger partial charge in [-0.2, -0.15) is 0 Å². The van der Waals surface area contributed by atoms with Gasteiger partial charge in [0.1, 0.15) is 6.54 Å². The van der Waals surface area contributed by atoms with Crippen molar-refractivity contribution in [3.8, 4) is 0 Å². The molecule has 30 heavy (non-hydrogen) atoms. The zero-order chi connectivity index (χ0) is 20.9. The van der Waals surface area contributed by atoms with E-state index in [1.165, 1.54) is 32.2 Å². The molecule has 9 heteroatoms. The van der Waals surface area contributed by atoms with Crippen LogP contribution in [-0.2, 0) is 9.53 Å². The van der Waals surface area contributed by atoms with E-state index in [9.17, 15) is 4.79 Å². The number of aliphatic imine (C=N–C) groups is 1. The first-order valence-corrected chi connectivity index (χ1v) is 11.4. The SMILES string of the molecule is CCC1CCCCN1CCNC(=NCC(=O)N(C)C)NCCCN1CCOCC1.I. The van der Waals surface area contributed by atoms with Gasteiger partial charge in [0.2, 0.25) is 5.91 Å². The third-order valence-electron chi connectivity index (χ3n) is 5.83. The van der Waals surface area contributed by atoms with E-state index in [0.717, 1.165) is 64.9 Å². The molecule has 0 aliphatic carbocycles. The Balaban J connectivity index is 0.00000450. The van der Waals surface area contributed by atoms with Crippen LogP contribution in [-0.4, -0.2) is 112 Å². The maximum absolute atomic E-state index is 11.9. The van der Waals surface area contributed by atoms with E-state index in [2.05, 4.69) is 32.3 Å². The number of piperidine rings is 1. The molecule has 176 valence electrons. The van der Waals surface area contributed by atoms with Gasteiger partial charge in [-0.15, -0.1) is 24.0 Å². The van der Waals surface area contributed by atoms with Crippen LogP contribution in [0.1, 0.15) is 39.0 Å². The Bertz CT molecular complexity index is 500. The second-order valence-electron chi connectivity index (χ2n) is 8.21. The topological polar surface area (TPSA) is 72.4 Å². The molecule has 0 aromatic carbocycles. The highest BCUT2D eigenvalue weighted by Gasteiger charge is 2.20. The quantitative estimate of drug-likeness (QED) is 0.189. The van der Waals surface area contributed by atoms with Crippen molar-refractivity contribution in [2.75, 3.05) is 79.7 Å². The van der Waals surface area contributed by atoms with Crippen LogP contribution in [0, 0.1) is 0 Å². The van der Waals surface area contributed by atoms with E-state index in [-0.39, 0.29) is 36.4 Å². The summed E-state index contributed by atoms with van der Waals surface area (Å²) in [7, 11) is 3.53. The molecule has 8 nitrogen and oxygen atoms in total. The zero-order valence-corrected chi connectivity index (χ0v) is 21.5. The van der Waals surface area contributed by atoms with Crippen LogP contribution in [0.2, 0.25) is 0 Å². The number of hydrogen-bond acceptors (Lipinski definition) is 5. The Kier molecular flexibility index (Phi) is 14.6. The molecule has 2 fully saturated rings. The van der Waals surface area contributed by atoms with Crippen molar-refractivity contribution in [2.45, 2.75) is 45.1 Å². The summed E-state index contributed by atoms with van der Waals surface area (Å²) in [5.41, 5.74) is 0. The summed E-state index contributed by atoms with van der Waals surface area (Å²) in [4.78, 5) is 23.0. The molecule has 0 saturated carbocycles. The Morgan fingerprint density at radius 1 is 1.10 bits per heavy atom. The molecule has 1 atom stereocenters. The summed E-state index contributed by atoms with van der Waals surface area (Å²) >= 11 is 0. The minimum Gasteiger partial charge on any atom is -0.379 e. The van der Waals surface area contributed by atoms with Gasteiger partial charge in [-0.3, -0.25) is 14.6 Å². The molecule has 2 heterocycles. The standard InChI is InChI=1S/C21H42N6O2.HI/c1-4-19-8-5-6-12-27(19)13-10-23-21(24-18-20(28)25(2)3)22-9-7-11-26-14-16-29-17-15-26;/h19H,4-18H2,1-3H3,(H2,22,23,24);1H. The summed E-state index contributed by atoms with van der Waals surface area (Å²) in [6.07, 6.45) is 6.24. The van der Waals surface area contributed by atoms with Gasteiger partial charge >= 0.3 is 0 Å². The number of guanidine groups is 1. The summed E-state index contributed by atoms with van der Waals surface area (Å²) in [6, 6.07) is 0.711. The number of nitrogens with one attached hydrogen (secondary N) is 2. The van der Waals surface area contributed by atoms with Gasteiger partial charge in [-0.25, -0.2) is 4.99 Å². The van der Waals surface area contributed by atoms with Gasteiger partial charge in [-0.05, 0) is 38.8 Å². The molecular formula is C21H43IN6O2. The number of nitrogens with zero attached hydrogens (tertiary/aromatic N) is 4. The van der Waals surface area contributed by atoms with Crippen LogP contribution in [0.5, 0.6) is 0 Å². The second-order valence-corrected chi connectivity index (χ2v) is 8.21. The van der Waals surface area contributed by atoms with Crippen LogP contribution in [0.15, 0.2) is 4.99 Å². The third kappa shape index (κ3) is 10.6. The highest BCUT2D eigenvalue weighted by Crippen LogP contribution is 2.18. The molecular weight excluding hydrogens is 495 g/mol. The minimum absolute atomic E-state index is 0. The molecule has 0 bridgehead atoms. The first-order chi connectivity index (χ1) is 14.1. The first kappa shape index (κ1) is 27.4. The molecule has 0 aromatic heterocycles. The molecule has 0 aromatic rings. The van der Waals surface area contributed by atoms with Crippen molar-refractivity contribution in [3.05, 3.63) is 0 Å². The number of likely N-dealkylation sites (N-methyl/N-ethyl adjacent to an activating group) is 1. The van der Waals surface area contributed by atoms with E-state index in [1.807, 2.05) is 0 Å². The van der Waals surface area contributed by atoms with Crippen molar-refractivity contribution in [1.29, 1.82) is 0 Å². The molecule has 1 unspecified atom stereocenters. The fourth-order valence-electron chi connectivity index (χ4n) is 3.93. The van der Waals surface area contributed by atoms with Gasteiger partial charge in [0.05, 0.1) is 13.2 Å². The fraction of sp³-hybridized carbons (Fsp3) is 0.905. The summed E-state index contributed by atoms with van der Waals surface area (Å²) in [6.45, 7) is 11.1. The lowest BCUT2D eigenvalue weighted by molar-refractivity contribution is -0.127. The number of ether oxygens (including phenoxy) is 1. The maximum atomic E-state index is 11.9. The zero-order valence-electron chi connectivity index (χ0n) is 19.2. The van der Waals surface area contributed by atoms with Crippen LogP contribution >= 0.6 is 24.0 Å². The largest absolute Gasteiger partial charge is 0.379 e. The van der Waals surface area contributed by atoms with Crippen molar-refractivity contribution in [1.82, 2.24) is 25.3 Å². The molecule has 1 amide bonds. The number of carbonyl (C=O) groups is 1. The van der Waals surface area contributed by atoms with Crippen LogP contribution < -0.4 is 10.6 Å².